The highest BCUT2D eigenvalue weighted by Gasteiger charge is 2.22. The molecule has 0 aliphatic rings. The van der Waals surface area contributed by atoms with Crippen LogP contribution in [-0.2, 0) is 22.5 Å². The van der Waals surface area contributed by atoms with E-state index in [2.05, 4.69) is 5.32 Å². The SMILES string of the molecule is COCCN(CC(=O)N(CCc1ccc(OC)c(OC)c1)Cc1cccs1)C(=O)Nc1ccc(SC)cc1. The molecular weight excluding hydrogens is 522 g/mol. The predicted molar refractivity (Wildman–Crippen MR) is 154 cm³/mol. The molecule has 3 amide bonds. The number of methoxy groups -OCH3 is 3. The first kappa shape index (κ1) is 29.3. The summed E-state index contributed by atoms with van der Waals surface area (Å²) >= 11 is 3.23. The Labute approximate surface area is 232 Å². The first-order valence-corrected chi connectivity index (χ1v) is 14.3. The summed E-state index contributed by atoms with van der Waals surface area (Å²) in [6, 6.07) is 17.0. The molecule has 0 atom stereocenters. The number of carbonyl (C=O) groups excluding carboxylic acids is 2. The number of ether oxygens (including phenoxy) is 3. The highest BCUT2D eigenvalue weighted by molar-refractivity contribution is 7.98. The molecule has 0 saturated carbocycles. The summed E-state index contributed by atoms with van der Waals surface area (Å²) < 4.78 is 16.0. The van der Waals surface area contributed by atoms with Crippen LogP contribution >= 0.6 is 23.1 Å². The summed E-state index contributed by atoms with van der Waals surface area (Å²) in [7, 11) is 4.78. The normalized spacial score (nSPS) is 10.6. The molecule has 0 radical (unpaired) electrons. The van der Waals surface area contributed by atoms with E-state index in [-0.39, 0.29) is 18.5 Å². The molecule has 0 unspecified atom stereocenters. The fourth-order valence-corrected chi connectivity index (χ4v) is 4.90. The number of hydrogen-bond acceptors (Lipinski definition) is 7. The van der Waals surface area contributed by atoms with Crippen LogP contribution < -0.4 is 14.8 Å². The second kappa shape index (κ2) is 15.3. The van der Waals surface area contributed by atoms with Crippen molar-refractivity contribution in [1.29, 1.82) is 0 Å². The smallest absolute Gasteiger partial charge is 0.322 e. The van der Waals surface area contributed by atoms with E-state index in [1.165, 1.54) is 4.90 Å². The van der Waals surface area contributed by atoms with Gasteiger partial charge in [-0.15, -0.1) is 23.1 Å². The fraction of sp³-hybridized carbons (Fsp3) is 0.357. The van der Waals surface area contributed by atoms with E-state index in [0.29, 0.717) is 49.8 Å². The number of amides is 3. The number of rotatable bonds is 14. The molecular formula is C28H35N3O5S2. The maximum atomic E-state index is 13.5. The summed E-state index contributed by atoms with van der Waals surface area (Å²) in [5, 5.41) is 4.89. The van der Waals surface area contributed by atoms with Crippen molar-refractivity contribution in [2.75, 3.05) is 59.1 Å². The lowest BCUT2D eigenvalue weighted by Gasteiger charge is -2.28. The quantitative estimate of drug-likeness (QED) is 0.273. The topological polar surface area (TPSA) is 80.3 Å². The van der Waals surface area contributed by atoms with Gasteiger partial charge in [-0.25, -0.2) is 4.79 Å². The van der Waals surface area contributed by atoms with E-state index in [1.54, 1.807) is 49.3 Å². The molecule has 0 aliphatic heterocycles. The highest BCUT2D eigenvalue weighted by atomic mass is 32.2. The zero-order valence-electron chi connectivity index (χ0n) is 22.3. The second-order valence-electron chi connectivity index (χ2n) is 8.41. The molecule has 3 aromatic rings. The zero-order valence-corrected chi connectivity index (χ0v) is 23.9. The summed E-state index contributed by atoms with van der Waals surface area (Å²) in [5.41, 5.74) is 1.70. The molecule has 38 heavy (non-hydrogen) atoms. The van der Waals surface area contributed by atoms with Crippen LogP contribution in [0.2, 0.25) is 0 Å². The Kier molecular flexibility index (Phi) is 11.8. The standard InChI is InChI=1S/C28H35N3O5S2/c1-34-16-15-31(28(33)29-22-8-10-23(37-4)11-9-22)20-27(32)30(19-24-6-5-17-38-24)14-13-21-7-12-25(35-2)26(18-21)36-3/h5-12,17-18H,13-16,19-20H2,1-4H3,(H,29,33). The number of anilines is 1. The fourth-order valence-electron chi connectivity index (χ4n) is 3.78. The van der Waals surface area contributed by atoms with Gasteiger partial charge in [-0.2, -0.15) is 0 Å². The minimum Gasteiger partial charge on any atom is -0.493 e. The molecule has 10 heteroatoms. The maximum Gasteiger partial charge on any atom is 0.322 e. The van der Waals surface area contributed by atoms with Gasteiger partial charge in [0.25, 0.3) is 0 Å². The Morgan fingerprint density at radius 3 is 2.34 bits per heavy atom. The Bertz CT molecular complexity index is 1160. The number of nitrogens with zero attached hydrogens (tertiary/aromatic N) is 2. The molecule has 1 N–H and O–H groups in total. The van der Waals surface area contributed by atoms with Crippen molar-refractivity contribution >= 4 is 40.7 Å². The third kappa shape index (κ3) is 8.68. The zero-order chi connectivity index (χ0) is 27.3. The van der Waals surface area contributed by atoms with Gasteiger partial charge in [-0.1, -0.05) is 12.1 Å². The number of benzene rings is 2. The van der Waals surface area contributed by atoms with Crippen molar-refractivity contribution < 1.29 is 23.8 Å². The van der Waals surface area contributed by atoms with Gasteiger partial charge in [-0.3, -0.25) is 4.79 Å². The molecule has 0 aliphatic carbocycles. The maximum absolute atomic E-state index is 13.5. The minimum absolute atomic E-state index is 0.0601. The molecule has 0 saturated heterocycles. The minimum atomic E-state index is -0.344. The van der Waals surface area contributed by atoms with E-state index >= 15 is 0 Å². The number of hydrogen-bond donors (Lipinski definition) is 1. The van der Waals surface area contributed by atoms with Gasteiger partial charge in [0, 0.05) is 35.7 Å². The van der Waals surface area contributed by atoms with Crippen LogP contribution in [0.1, 0.15) is 10.4 Å². The van der Waals surface area contributed by atoms with Crippen molar-refractivity contribution in [3.8, 4) is 11.5 Å². The lowest BCUT2D eigenvalue weighted by atomic mass is 10.1. The third-order valence-electron chi connectivity index (χ3n) is 5.92. The monoisotopic (exact) mass is 557 g/mol. The Hall–Kier alpha value is -3.21. The Morgan fingerprint density at radius 2 is 1.71 bits per heavy atom. The molecule has 0 spiro atoms. The molecule has 3 rings (SSSR count). The molecule has 204 valence electrons. The van der Waals surface area contributed by atoms with Gasteiger partial charge in [0.2, 0.25) is 5.91 Å². The molecule has 2 aromatic carbocycles. The van der Waals surface area contributed by atoms with Crippen LogP contribution in [0.4, 0.5) is 10.5 Å². The van der Waals surface area contributed by atoms with Gasteiger partial charge >= 0.3 is 6.03 Å². The van der Waals surface area contributed by atoms with Gasteiger partial charge in [-0.05, 0) is 66.1 Å². The first-order chi connectivity index (χ1) is 18.5. The predicted octanol–water partition coefficient (Wildman–Crippen LogP) is 5.24. The summed E-state index contributed by atoms with van der Waals surface area (Å²) in [6.07, 6.45) is 2.63. The Balaban J connectivity index is 1.72. The van der Waals surface area contributed by atoms with E-state index in [4.69, 9.17) is 14.2 Å². The average molecular weight is 558 g/mol. The van der Waals surface area contributed by atoms with E-state index in [1.807, 2.05) is 66.2 Å². The van der Waals surface area contributed by atoms with Crippen LogP contribution in [0.15, 0.2) is 64.9 Å². The van der Waals surface area contributed by atoms with Gasteiger partial charge < -0.3 is 29.3 Å². The molecule has 1 aromatic heterocycles. The molecule has 0 fully saturated rings. The average Bonchev–Trinajstić information content (AvgIpc) is 3.46. The largest absolute Gasteiger partial charge is 0.493 e. The number of carbonyl (C=O) groups is 2. The number of urea groups is 1. The summed E-state index contributed by atoms with van der Waals surface area (Å²) in [5.74, 6) is 1.17. The van der Waals surface area contributed by atoms with Crippen molar-refractivity contribution in [3.63, 3.8) is 0 Å². The van der Waals surface area contributed by atoms with Crippen molar-refractivity contribution in [1.82, 2.24) is 9.80 Å². The summed E-state index contributed by atoms with van der Waals surface area (Å²) in [6.45, 7) is 1.51. The van der Waals surface area contributed by atoms with E-state index in [9.17, 15) is 9.59 Å². The lowest BCUT2D eigenvalue weighted by Crippen LogP contribution is -2.46. The second-order valence-corrected chi connectivity index (χ2v) is 10.3. The molecule has 1 heterocycles. The number of thiophene rings is 1. The van der Waals surface area contributed by atoms with Crippen LogP contribution in [0.25, 0.3) is 0 Å². The van der Waals surface area contributed by atoms with Crippen molar-refractivity contribution in [3.05, 3.63) is 70.4 Å². The number of nitrogens with one attached hydrogen (secondary N) is 1. The van der Waals surface area contributed by atoms with Crippen molar-refractivity contribution in [2.45, 2.75) is 17.9 Å². The first-order valence-electron chi connectivity index (χ1n) is 12.2. The molecule has 8 nitrogen and oxygen atoms in total. The van der Waals surface area contributed by atoms with Gasteiger partial charge in [0.1, 0.15) is 6.54 Å². The van der Waals surface area contributed by atoms with Crippen LogP contribution in [0.3, 0.4) is 0 Å². The van der Waals surface area contributed by atoms with E-state index in [0.717, 1.165) is 15.3 Å². The van der Waals surface area contributed by atoms with Crippen LogP contribution in [0, 0.1) is 0 Å². The van der Waals surface area contributed by atoms with Crippen LogP contribution in [-0.4, -0.2) is 75.6 Å². The van der Waals surface area contributed by atoms with Gasteiger partial charge in [0.15, 0.2) is 11.5 Å². The summed E-state index contributed by atoms with van der Waals surface area (Å²) in [4.78, 5) is 32.1. The van der Waals surface area contributed by atoms with Gasteiger partial charge in [0.05, 0.1) is 27.4 Å². The Morgan fingerprint density at radius 1 is 0.947 bits per heavy atom. The third-order valence-corrected chi connectivity index (χ3v) is 7.52. The van der Waals surface area contributed by atoms with E-state index < -0.39 is 0 Å². The van der Waals surface area contributed by atoms with Crippen molar-refractivity contribution in [2.24, 2.45) is 0 Å². The lowest BCUT2D eigenvalue weighted by molar-refractivity contribution is -0.132. The number of thioether (sulfide) groups is 1. The highest BCUT2D eigenvalue weighted by Crippen LogP contribution is 2.28. The molecule has 0 bridgehead atoms. The van der Waals surface area contributed by atoms with Crippen LogP contribution in [0.5, 0.6) is 11.5 Å².